The summed E-state index contributed by atoms with van der Waals surface area (Å²) in [4.78, 5) is 43.1. The van der Waals surface area contributed by atoms with Gasteiger partial charge >= 0.3 is 6.03 Å². The van der Waals surface area contributed by atoms with Gasteiger partial charge in [0.05, 0.1) is 34.9 Å². The van der Waals surface area contributed by atoms with Gasteiger partial charge in [0.25, 0.3) is 11.5 Å². The Morgan fingerprint density at radius 2 is 1.76 bits per heavy atom. The molecule has 3 heterocycles. The number of anilines is 2. The first-order chi connectivity index (χ1) is 20.0. The third kappa shape index (κ3) is 6.17. The molecule has 0 aliphatic carbocycles. The summed E-state index contributed by atoms with van der Waals surface area (Å²) in [5.41, 5.74) is -0.439. The van der Waals surface area contributed by atoms with E-state index in [-0.39, 0.29) is 63.1 Å². The van der Waals surface area contributed by atoms with Crippen molar-refractivity contribution in [3.8, 4) is 17.2 Å². The molecule has 0 unspecified atom stereocenters. The minimum Gasteiger partial charge on any atom is -0.454 e. The van der Waals surface area contributed by atoms with Gasteiger partial charge < -0.3 is 20.1 Å². The number of carbonyl (C=O) groups excluding carboxylic acids is 2. The molecule has 11 nitrogen and oxygen atoms in total. The third-order valence-corrected chi connectivity index (χ3v) is 6.63. The van der Waals surface area contributed by atoms with Crippen LogP contribution in [0.25, 0.3) is 5.69 Å². The summed E-state index contributed by atoms with van der Waals surface area (Å²) in [6.45, 7) is 1.93. The molecule has 1 aliphatic rings. The average Bonchev–Trinajstić information content (AvgIpc) is 2.91. The molecule has 216 valence electrons. The van der Waals surface area contributed by atoms with E-state index in [1.807, 2.05) is 0 Å². The molecule has 5 rings (SSSR count). The van der Waals surface area contributed by atoms with Gasteiger partial charge in [-0.3, -0.25) is 14.9 Å². The molecule has 3 N–H and O–H groups in total. The van der Waals surface area contributed by atoms with Crippen LogP contribution in [0.3, 0.4) is 0 Å². The van der Waals surface area contributed by atoms with Crippen LogP contribution in [0.5, 0.6) is 11.5 Å². The average molecular weight is 617 g/mol. The number of rotatable bonds is 6. The smallest absolute Gasteiger partial charge is 0.323 e. The van der Waals surface area contributed by atoms with Crippen molar-refractivity contribution in [2.45, 2.75) is 13.0 Å². The van der Waals surface area contributed by atoms with Crippen molar-refractivity contribution in [1.29, 1.82) is 0 Å². The number of nitrogens with one attached hydrogen (secondary N) is 2. The van der Waals surface area contributed by atoms with Crippen molar-refractivity contribution in [1.82, 2.24) is 19.7 Å². The van der Waals surface area contributed by atoms with E-state index in [2.05, 4.69) is 20.7 Å². The van der Waals surface area contributed by atoms with Gasteiger partial charge in [0.15, 0.2) is 23.1 Å². The SMILES string of the molecule is Cc1cc(=O)n(-c2cc(Cl)c(F)c(Cl)c2)nc1C(=O)Nc1ccc(Oc2ccnc(NC(=O)N3CC(O)C3)c2)c(F)c1. The molecule has 42 heavy (non-hydrogen) atoms. The highest BCUT2D eigenvalue weighted by atomic mass is 35.5. The van der Waals surface area contributed by atoms with E-state index in [1.54, 1.807) is 0 Å². The minimum atomic E-state index is -0.866. The summed E-state index contributed by atoms with van der Waals surface area (Å²) in [7, 11) is 0. The molecular formula is C27H20Cl2F2N6O5. The predicted octanol–water partition coefficient (Wildman–Crippen LogP) is 4.77. The van der Waals surface area contributed by atoms with Gasteiger partial charge in [0.2, 0.25) is 0 Å². The first-order valence-electron chi connectivity index (χ1n) is 12.2. The van der Waals surface area contributed by atoms with Crippen LogP contribution in [0, 0.1) is 18.6 Å². The van der Waals surface area contributed by atoms with E-state index in [0.29, 0.717) is 0 Å². The van der Waals surface area contributed by atoms with Crippen molar-refractivity contribution in [3.05, 3.63) is 98.0 Å². The lowest BCUT2D eigenvalue weighted by Crippen LogP contribution is -2.54. The number of benzene rings is 2. The number of aryl methyl sites for hydroxylation is 1. The molecular weight excluding hydrogens is 597 g/mol. The number of halogens is 4. The first kappa shape index (κ1) is 28.9. The maximum Gasteiger partial charge on any atom is 0.323 e. The lowest BCUT2D eigenvalue weighted by molar-refractivity contribution is 0.0308. The molecule has 0 atom stereocenters. The molecule has 0 saturated carbocycles. The summed E-state index contributed by atoms with van der Waals surface area (Å²) in [6.07, 6.45) is 0.815. The summed E-state index contributed by atoms with van der Waals surface area (Å²) < 4.78 is 35.2. The maximum atomic E-state index is 14.9. The number of pyridine rings is 1. The van der Waals surface area contributed by atoms with Gasteiger partial charge in [0, 0.05) is 30.1 Å². The number of aromatic nitrogens is 3. The standard InChI is InChI=1S/C27H20Cl2F2N6O5/c1-13-6-23(39)37(15-8-18(28)24(31)19(29)9-15)35-25(13)26(40)33-14-2-3-21(20(30)7-14)42-17-4-5-32-22(10-17)34-27(41)36-11-16(38)12-36/h2-10,16,38H,11-12H2,1H3,(H,33,40)(H,32,34,41). The molecule has 4 aromatic rings. The van der Waals surface area contributed by atoms with E-state index >= 15 is 0 Å². The van der Waals surface area contributed by atoms with Gasteiger partial charge in [-0.25, -0.2) is 18.6 Å². The number of hydrogen-bond donors (Lipinski definition) is 3. The molecule has 3 amide bonds. The number of ether oxygens (including phenoxy) is 1. The number of hydrogen-bond acceptors (Lipinski definition) is 7. The number of carbonyl (C=O) groups is 2. The Bertz CT molecular complexity index is 1760. The number of aliphatic hydroxyl groups excluding tert-OH is 1. The minimum absolute atomic E-state index is 0.0381. The highest BCUT2D eigenvalue weighted by Crippen LogP contribution is 2.29. The highest BCUT2D eigenvalue weighted by Gasteiger charge is 2.29. The van der Waals surface area contributed by atoms with E-state index < -0.39 is 35.2 Å². The zero-order valence-electron chi connectivity index (χ0n) is 21.6. The number of urea groups is 1. The van der Waals surface area contributed by atoms with Crippen LogP contribution in [0.4, 0.5) is 25.1 Å². The fourth-order valence-electron chi connectivity index (χ4n) is 3.95. The van der Waals surface area contributed by atoms with Crippen molar-refractivity contribution >= 4 is 46.6 Å². The van der Waals surface area contributed by atoms with Crippen LogP contribution in [-0.4, -0.2) is 55.9 Å². The van der Waals surface area contributed by atoms with Crippen LogP contribution < -0.4 is 20.9 Å². The van der Waals surface area contributed by atoms with Crippen LogP contribution in [0.2, 0.25) is 10.0 Å². The van der Waals surface area contributed by atoms with Gasteiger partial charge in [-0.05, 0) is 42.8 Å². The van der Waals surface area contributed by atoms with Gasteiger partial charge in [-0.1, -0.05) is 23.2 Å². The Kier molecular flexibility index (Phi) is 8.07. The van der Waals surface area contributed by atoms with Crippen molar-refractivity contribution in [2.24, 2.45) is 0 Å². The molecule has 2 aromatic heterocycles. The van der Waals surface area contributed by atoms with Crippen LogP contribution in [-0.2, 0) is 0 Å². The zero-order chi connectivity index (χ0) is 30.1. The number of β-amino-alcohol motifs (C(OH)–C–C–N with tert-alkyl or cyclic N) is 1. The number of likely N-dealkylation sites (tertiary alicyclic amines) is 1. The van der Waals surface area contributed by atoms with Crippen molar-refractivity contribution < 1.29 is 28.2 Å². The van der Waals surface area contributed by atoms with Gasteiger partial charge in [0.1, 0.15) is 11.6 Å². The Hall–Kier alpha value is -4.59. The van der Waals surface area contributed by atoms with Crippen LogP contribution in [0.15, 0.2) is 59.5 Å². The Morgan fingerprint density at radius 1 is 1.05 bits per heavy atom. The fraction of sp³-hybridized carbons (Fsp3) is 0.148. The van der Waals surface area contributed by atoms with Crippen LogP contribution in [0.1, 0.15) is 16.1 Å². The monoisotopic (exact) mass is 616 g/mol. The molecule has 0 bridgehead atoms. The topological polar surface area (TPSA) is 139 Å². The Balaban J connectivity index is 1.30. The molecule has 1 fully saturated rings. The summed E-state index contributed by atoms with van der Waals surface area (Å²) >= 11 is 11.7. The predicted molar refractivity (Wildman–Crippen MR) is 150 cm³/mol. The zero-order valence-corrected chi connectivity index (χ0v) is 23.1. The lowest BCUT2D eigenvalue weighted by atomic mass is 10.2. The summed E-state index contributed by atoms with van der Waals surface area (Å²) in [6, 6.07) is 9.55. The number of amides is 3. The maximum absolute atomic E-state index is 14.9. The van der Waals surface area contributed by atoms with Crippen molar-refractivity contribution in [2.75, 3.05) is 23.7 Å². The van der Waals surface area contributed by atoms with Crippen LogP contribution >= 0.6 is 23.2 Å². The molecule has 15 heteroatoms. The van der Waals surface area contributed by atoms with E-state index in [0.717, 1.165) is 28.9 Å². The Labute approximate surface area is 246 Å². The largest absolute Gasteiger partial charge is 0.454 e. The quantitative estimate of drug-likeness (QED) is 0.265. The van der Waals surface area contributed by atoms with E-state index in [9.17, 15) is 28.3 Å². The molecule has 2 aromatic carbocycles. The van der Waals surface area contributed by atoms with Gasteiger partial charge in [-0.15, -0.1) is 0 Å². The normalized spacial score (nSPS) is 13.0. The highest BCUT2D eigenvalue weighted by molar-refractivity contribution is 6.35. The second kappa shape index (κ2) is 11.7. The van der Waals surface area contributed by atoms with Crippen molar-refractivity contribution in [3.63, 3.8) is 0 Å². The van der Waals surface area contributed by atoms with E-state index in [1.165, 1.54) is 42.3 Å². The third-order valence-electron chi connectivity index (χ3n) is 6.08. The number of aliphatic hydroxyl groups is 1. The lowest BCUT2D eigenvalue weighted by Gasteiger charge is -2.35. The molecule has 1 aliphatic heterocycles. The molecule has 0 spiro atoms. The summed E-state index contributed by atoms with van der Waals surface area (Å²) in [5.74, 6) is -2.25. The second-order valence-corrected chi connectivity index (χ2v) is 10.0. The number of nitrogens with zero attached hydrogens (tertiary/aromatic N) is 4. The Morgan fingerprint density at radius 3 is 2.43 bits per heavy atom. The fourth-order valence-corrected chi connectivity index (χ4v) is 4.42. The first-order valence-corrected chi connectivity index (χ1v) is 13.0. The molecule has 0 radical (unpaired) electrons. The summed E-state index contributed by atoms with van der Waals surface area (Å²) in [5, 5.41) is 17.8. The molecule has 1 saturated heterocycles. The second-order valence-electron chi connectivity index (χ2n) is 9.22. The van der Waals surface area contributed by atoms with Gasteiger partial charge in [-0.2, -0.15) is 9.78 Å². The van der Waals surface area contributed by atoms with E-state index in [4.69, 9.17) is 27.9 Å².